The summed E-state index contributed by atoms with van der Waals surface area (Å²) >= 11 is 1.68. The Balaban J connectivity index is 1.61. The van der Waals surface area contributed by atoms with E-state index < -0.39 is 17.5 Å². The van der Waals surface area contributed by atoms with Crippen LogP contribution in [0.2, 0.25) is 0 Å². The van der Waals surface area contributed by atoms with Gasteiger partial charge in [0.25, 0.3) is 0 Å². The molecule has 1 aromatic heterocycles. The van der Waals surface area contributed by atoms with Crippen molar-refractivity contribution in [3.8, 4) is 0 Å². The molecular formula is C28H43N5O3S. The quantitative estimate of drug-likeness (QED) is 0.403. The Labute approximate surface area is 225 Å². The van der Waals surface area contributed by atoms with Gasteiger partial charge in [-0.3, -0.25) is 14.4 Å². The van der Waals surface area contributed by atoms with Crippen molar-refractivity contribution >= 4 is 29.1 Å². The normalized spacial score (nSPS) is 21.4. The van der Waals surface area contributed by atoms with Crippen LogP contribution in [0.1, 0.15) is 76.3 Å². The van der Waals surface area contributed by atoms with Crippen LogP contribution in [0.3, 0.4) is 0 Å². The van der Waals surface area contributed by atoms with Gasteiger partial charge in [0.1, 0.15) is 12.1 Å². The predicted octanol–water partition coefficient (Wildman–Crippen LogP) is 3.45. The summed E-state index contributed by atoms with van der Waals surface area (Å²) in [5, 5.41) is 9.12. The second-order valence-corrected chi connectivity index (χ2v) is 12.1. The van der Waals surface area contributed by atoms with Crippen molar-refractivity contribution in [3.05, 3.63) is 39.9 Å². The minimum Gasteiger partial charge on any atom is -0.348 e. The molecule has 8 nitrogen and oxygen atoms in total. The molecule has 3 amide bonds. The monoisotopic (exact) mass is 529 g/mol. The van der Waals surface area contributed by atoms with Gasteiger partial charge < -0.3 is 20.9 Å². The first-order chi connectivity index (χ1) is 17.5. The van der Waals surface area contributed by atoms with Crippen LogP contribution >= 0.6 is 11.3 Å². The van der Waals surface area contributed by atoms with Crippen LogP contribution in [0.5, 0.6) is 0 Å². The van der Waals surface area contributed by atoms with Gasteiger partial charge in [-0.2, -0.15) is 0 Å². The van der Waals surface area contributed by atoms with Gasteiger partial charge in [-0.25, -0.2) is 4.98 Å². The molecule has 1 saturated heterocycles. The van der Waals surface area contributed by atoms with E-state index in [4.69, 9.17) is 0 Å². The predicted molar refractivity (Wildman–Crippen MR) is 148 cm³/mol. The summed E-state index contributed by atoms with van der Waals surface area (Å²) in [5.41, 5.74) is 3.56. The highest BCUT2D eigenvalue weighted by Crippen LogP contribution is 2.32. The number of nitrogens with one attached hydrogen (secondary N) is 3. The van der Waals surface area contributed by atoms with E-state index in [-0.39, 0.29) is 23.8 Å². The summed E-state index contributed by atoms with van der Waals surface area (Å²) in [7, 11) is 1.85. The van der Waals surface area contributed by atoms with Gasteiger partial charge in [0.15, 0.2) is 0 Å². The molecule has 2 heterocycles. The first-order valence-electron chi connectivity index (χ1n) is 13.4. The summed E-state index contributed by atoms with van der Waals surface area (Å²) < 4.78 is 0. The van der Waals surface area contributed by atoms with Crippen molar-refractivity contribution in [2.75, 3.05) is 20.1 Å². The van der Waals surface area contributed by atoms with Crippen LogP contribution in [-0.4, -0.2) is 65.9 Å². The maximum absolute atomic E-state index is 13.6. The minimum atomic E-state index is -0.684. The van der Waals surface area contributed by atoms with E-state index in [2.05, 4.69) is 39.2 Å². The number of allylic oxidation sites excluding steroid dienone is 2. The SMILES string of the molecule is CNCCCC(=O)NC(C(=O)N1CCCC1C(=O)NC(C)C1=CCC(c2scnc2C)C=C1)C(C)(C)C. The summed E-state index contributed by atoms with van der Waals surface area (Å²) in [5.74, 6) is -0.134. The summed E-state index contributed by atoms with van der Waals surface area (Å²) in [6.45, 7) is 11.1. The Morgan fingerprint density at radius 3 is 2.59 bits per heavy atom. The first kappa shape index (κ1) is 29.0. The van der Waals surface area contributed by atoms with Crippen molar-refractivity contribution in [3.63, 3.8) is 0 Å². The number of aryl methyl sites for hydroxylation is 1. The number of thiazole rings is 1. The van der Waals surface area contributed by atoms with E-state index in [0.29, 0.717) is 31.7 Å². The highest BCUT2D eigenvalue weighted by molar-refractivity contribution is 7.09. The standard InChI is InChI=1S/C28H43N5O3S/c1-18(20-11-13-21(14-12-20)24-19(2)30-17-37-24)31-26(35)22-9-8-16-33(22)27(36)25(28(3,4)5)32-23(34)10-7-15-29-6/h11-13,17-18,21-22,25,29H,7-10,14-16H2,1-6H3,(H,31,35)(H,32,34). The zero-order chi connectivity index (χ0) is 27.2. The van der Waals surface area contributed by atoms with Crippen molar-refractivity contribution in [2.24, 2.45) is 5.41 Å². The lowest BCUT2D eigenvalue weighted by molar-refractivity contribution is -0.144. The number of carbonyl (C=O) groups is 3. The molecule has 4 unspecified atom stereocenters. The highest BCUT2D eigenvalue weighted by atomic mass is 32.1. The van der Waals surface area contributed by atoms with Gasteiger partial charge in [0.2, 0.25) is 17.7 Å². The Bertz CT molecular complexity index is 1030. The van der Waals surface area contributed by atoms with E-state index in [0.717, 1.165) is 30.7 Å². The molecule has 3 rings (SSSR count). The molecule has 1 aliphatic heterocycles. The summed E-state index contributed by atoms with van der Waals surface area (Å²) in [6.07, 6.45) is 9.80. The van der Waals surface area contributed by atoms with Crippen LogP contribution in [0, 0.1) is 12.3 Å². The largest absolute Gasteiger partial charge is 0.348 e. The number of aromatic nitrogens is 1. The number of rotatable bonds is 10. The molecule has 2 aliphatic rings. The van der Waals surface area contributed by atoms with E-state index in [1.165, 1.54) is 4.88 Å². The van der Waals surface area contributed by atoms with Gasteiger partial charge in [-0.15, -0.1) is 11.3 Å². The zero-order valence-corrected chi connectivity index (χ0v) is 23.9. The Morgan fingerprint density at radius 1 is 1.24 bits per heavy atom. The number of carbonyl (C=O) groups excluding carboxylic acids is 3. The van der Waals surface area contributed by atoms with Crippen LogP contribution in [0.15, 0.2) is 29.3 Å². The van der Waals surface area contributed by atoms with Crippen molar-refractivity contribution in [1.82, 2.24) is 25.8 Å². The average Bonchev–Trinajstić information content (AvgIpc) is 3.51. The molecule has 0 radical (unpaired) electrons. The highest BCUT2D eigenvalue weighted by Gasteiger charge is 2.42. The fourth-order valence-electron chi connectivity index (χ4n) is 4.99. The molecule has 0 bridgehead atoms. The molecule has 204 valence electrons. The fourth-order valence-corrected chi connectivity index (χ4v) is 5.89. The van der Waals surface area contributed by atoms with E-state index in [1.54, 1.807) is 16.2 Å². The molecule has 1 aliphatic carbocycles. The molecule has 0 saturated carbocycles. The molecule has 3 N–H and O–H groups in total. The maximum atomic E-state index is 13.6. The van der Waals surface area contributed by atoms with Gasteiger partial charge in [0, 0.05) is 23.8 Å². The Hall–Kier alpha value is -2.52. The number of hydrogen-bond donors (Lipinski definition) is 3. The first-order valence-corrected chi connectivity index (χ1v) is 14.2. The second kappa shape index (κ2) is 12.8. The lowest BCUT2D eigenvalue weighted by Crippen LogP contribution is -2.58. The van der Waals surface area contributed by atoms with Gasteiger partial charge >= 0.3 is 0 Å². The second-order valence-electron chi connectivity index (χ2n) is 11.2. The van der Waals surface area contributed by atoms with Crippen molar-refractivity contribution in [1.29, 1.82) is 0 Å². The third-order valence-electron chi connectivity index (χ3n) is 7.19. The number of nitrogens with zero attached hydrogens (tertiary/aromatic N) is 2. The van der Waals surface area contributed by atoms with Gasteiger partial charge in [-0.05, 0) is 64.1 Å². The Kier molecular flexibility index (Phi) is 10.1. The Morgan fingerprint density at radius 2 is 2.00 bits per heavy atom. The van der Waals surface area contributed by atoms with E-state index in [1.807, 2.05) is 47.2 Å². The lowest BCUT2D eigenvalue weighted by atomic mass is 9.85. The molecule has 37 heavy (non-hydrogen) atoms. The molecule has 0 aromatic carbocycles. The van der Waals surface area contributed by atoms with E-state index >= 15 is 0 Å². The molecule has 1 aromatic rings. The number of amides is 3. The third kappa shape index (κ3) is 7.51. The minimum absolute atomic E-state index is 0.138. The number of likely N-dealkylation sites (tertiary alicyclic amines) is 1. The molecule has 0 spiro atoms. The zero-order valence-electron chi connectivity index (χ0n) is 23.1. The molecule has 9 heteroatoms. The molecular weight excluding hydrogens is 486 g/mol. The lowest BCUT2D eigenvalue weighted by Gasteiger charge is -2.35. The smallest absolute Gasteiger partial charge is 0.246 e. The fraction of sp³-hybridized carbons (Fsp3) is 0.643. The van der Waals surface area contributed by atoms with Gasteiger partial charge in [0.05, 0.1) is 17.2 Å². The summed E-state index contributed by atoms with van der Waals surface area (Å²) in [6, 6.07) is -1.37. The third-order valence-corrected chi connectivity index (χ3v) is 8.26. The molecule has 4 atom stereocenters. The van der Waals surface area contributed by atoms with Crippen LogP contribution in [0.4, 0.5) is 0 Å². The van der Waals surface area contributed by atoms with Crippen LogP contribution in [0.25, 0.3) is 0 Å². The van der Waals surface area contributed by atoms with Crippen molar-refractivity contribution in [2.45, 2.75) is 90.8 Å². The van der Waals surface area contributed by atoms with Crippen LogP contribution < -0.4 is 16.0 Å². The van der Waals surface area contributed by atoms with Crippen LogP contribution in [-0.2, 0) is 14.4 Å². The van der Waals surface area contributed by atoms with Gasteiger partial charge in [-0.1, -0.05) is 39.0 Å². The molecule has 1 fully saturated rings. The van der Waals surface area contributed by atoms with Crippen molar-refractivity contribution < 1.29 is 14.4 Å². The average molecular weight is 530 g/mol. The maximum Gasteiger partial charge on any atom is 0.246 e. The van der Waals surface area contributed by atoms with E-state index in [9.17, 15) is 14.4 Å². The number of hydrogen-bond acceptors (Lipinski definition) is 6. The summed E-state index contributed by atoms with van der Waals surface area (Å²) in [4.78, 5) is 46.8. The topological polar surface area (TPSA) is 103 Å².